The van der Waals surface area contributed by atoms with E-state index in [1.165, 1.54) is 6.07 Å². The van der Waals surface area contributed by atoms with E-state index in [9.17, 15) is 9.90 Å². The number of aromatic nitrogens is 2. The first-order valence-electron chi connectivity index (χ1n) is 8.38. The molecule has 1 aromatic carbocycles. The number of rotatable bonds is 8. The summed E-state index contributed by atoms with van der Waals surface area (Å²) in [6.45, 7) is 5.40. The van der Waals surface area contributed by atoms with Gasteiger partial charge in [0.15, 0.2) is 5.78 Å². The Kier molecular flexibility index (Phi) is 7.07. The van der Waals surface area contributed by atoms with Crippen LogP contribution in [0.15, 0.2) is 18.2 Å². The number of nitrogens with zero attached hydrogens (tertiary/aromatic N) is 2. The molecule has 8 nitrogen and oxygen atoms in total. The number of carbonyl (C=O) groups is 1. The van der Waals surface area contributed by atoms with Gasteiger partial charge in [0, 0.05) is 11.6 Å². The van der Waals surface area contributed by atoms with Gasteiger partial charge in [-0.3, -0.25) is 4.79 Å². The van der Waals surface area contributed by atoms with E-state index in [2.05, 4.69) is 19.2 Å². The van der Waals surface area contributed by atoms with Crippen LogP contribution in [0.5, 0.6) is 5.88 Å². The lowest BCUT2D eigenvalue weighted by atomic mass is 9.97. The lowest BCUT2D eigenvalue weighted by molar-refractivity contribution is -0.0199. The maximum atomic E-state index is 12.8. The molecule has 0 saturated heterocycles. The van der Waals surface area contributed by atoms with E-state index in [4.69, 9.17) is 20.9 Å². The summed E-state index contributed by atoms with van der Waals surface area (Å²) < 4.78 is 11.1. The third kappa shape index (κ3) is 5.60. The minimum atomic E-state index is -0.827. The summed E-state index contributed by atoms with van der Waals surface area (Å²) in [4.78, 5) is 20.4. The van der Waals surface area contributed by atoms with Gasteiger partial charge in [-0.2, -0.15) is 9.97 Å². The number of nitrogens with two attached hydrogens (primary N) is 2. The average molecular weight is 392 g/mol. The molecule has 2 rings (SSSR count). The molecule has 1 aromatic heterocycles. The number of aliphatic hydroxyl groups excluding tert-OH is 1. The molecule has 5 N–H and O–H groups in total. The number of carbonyl (C=O) groups excluding carboxylic acids is 1. The van der Waals surface area contributed by atoms with Crippen molar-refractivity contribution in [3.63, 3.8) is 0 Å². The molecule has 146 valence electrons. The predicted octanol–water partition coefficient (Wildman–Crippen LogP) is 1.41. The van der Waals surface area contributed by atoms with E-state index in [0.717, 1.165) is 16.7 Å². The van der Waals surface area contributed by atoms with E-state index in [-0.39, 0.29) is 36.6 Å². The van der Waals surface area contributed by atoms with Gasteiger partial charge in [0.05, 0.1) is 6.61 Å². The van der Waals surface area contributed by atoms with Gasteiger partial charge in [0.1, 0.15) is 24.4 Å². The first-order valence-corrected chi connectivity index (χ1v) is 9.04. The minimum absolute atomic E-state index is 0.0177. The number of hydrogen-bond acceptors (Lipinski definition) is 8. The van der Waals surface area contributed by atoms with E-state index in [1.54, 1.807) is 0 Å². The number of Topliss-reactive ketones (excluding diaryl/α,β-unsaturated/α-hetero) is 1. The van der Waals surface area contributed by atoms with Crippen molar-refractivity contribution < 1.29 is 19.4 Å². The number of nitrogen functional groups attached to an aromatic ring is 2. The summed E-state index contributed by atoms with van der Waals surface area (Å²) in [7, 11) is 2.37. The van der Waals surface area contributed by atoms with Crippen molar-refractivity contribution in [2.75, 3.05) is 24.7 Å². The van der Waals surface area contributed by atoms with Crippen molar-refractivity contribution in [1.29, 1.82) is 0 Å². The zero-order chi connectivity index (χ0) is 20.1. The quantitative estimate of drug-likeness (QED) is 0.453. The summed E-state index contributed by atoms with van der Waals surface area (Å²) in [5.74, 6) is -0.687. The highest BCUT2D eigenvalue weighted by atomic mass is 31.0. The lowest BCUT2D eigenvalue weighted by Crippen LogP contribution is -2.32. The Bertz CT molecular complexity index is 788. The van der Waals surface area contributed by atoms with Crippen molar-refractivity contribution in [3.8, 4) is 5.88 Å². The molecule has 0 aliphatic heterocycles. The fourth-order valence-corrected chi connectivity index (χ4v) is 3.22. The fourth-order valence-electron chi connectivity index (χ4n) is 2.83. The number of aliphatic hydroxyl groups is 1. The number of anilines is 2. The van der Waals surface area contributed by atoms with Crippen molar-refractivity contribution in [2.24, 2.45) is 0 Å². The van der Waals surface area contributed by atoms with Crippen LogP contribution in [0, 0.1) is 20.8 Å². The second-order valence-corrected chi connectivity index (χ2v) is 6.90. The number of ether oxygens (including phenoxy) is 2. The van der Waals surface area contributed by atoms with Crippen molar-refractivity contribution >= 4 is 26.8 Å². The van der Waals surface area contributed by atoms with Crippen LogP contribution in [-0.4, -0.2) is 46.0 Å². The van der Waals surface area contributed by atoms with E-state index in [1.807, 2.05) is 32.9 Å². The van der Waals surface area contributed by atoms with Crippen molar-refractivity contribution in [2.45, 2.75) is 32.7 Å². The highest BCUT2D eigenvalue weighted by Gasteiger charge is 2.24. The Morgan fingerprint density at radius 1 is 1.19 bits per heavy atom. The second-order valence-electron chi connectivity index (χ2n) is 6.30. The van der Waals surface area contributed by atoms with E-state index in [0.29, 0.717) is 5.56 Å². The summed E-state index contributed by atoms with van der Waals surface area (Å²) in [6, 6.07) is 5.31. The second kappa shape index (κ2) is 9.08. The van der Waals surface area contributed by atoms with Crippen LogP contribution in [0.25, 0.3) is 0 Å². The molecular weight excluding hydrogens is 367 g/mol. The van der Waals surface area contributed by atoms with Crippen LogP contribution < -0.4 is 16.2 Å². The van der Waals surface area contributed by atoms with Gasteiger partial charge in [0.2, 0.25) is 11.8 Å². The maximum absolute atomic E-state index is 12.8. The first-order chi connectivity index (χ1) is 12.7. The molecule has 1 unspecified atom stereocenters. The first kappa shape index (κ1) is 21.0. The van der Waals surface area contributed by atoms with Crippen molar-refractivity contribution in [1.82, 2.24) is 9.97 Å². The molecule has 0 spiro atoms. The Labute approximate surface area is 160 Å². The number of ketones is 1. The molecule has 0 saturated carbocycles. The third-order valence-corrected chi connectivity index (χ3v) is 4.34. The van der Waals surface area contributed by atoms with Crippen LogP contribution in [0.3, 0.4) is 0 Å². The minimum Gasteiger partial charge on any atom is -0.475 e. The van der Waals surface area contributed by atoms with E-state index >= 15 is 0 Å². The SMILES string of the molecule is Cc1cc(C)c(C(=O)[C@H](P)O[C@@H](CO)COc2cc(N)nc(N)n2)c(C)c1. The summed E-state index contributed by atoms with van der Waals surface area (Å²) in [5.41, 5.74) is 14.6. The molecule has 2 aromatic rings. The number of benzene rings is 1. The zero-order valence-electron chi connectivity index (χ0n) is 15.6. The molecule has 0 bridgehead atoms. The van der Waals surface area contributed by atoms with Crippen LogP contribution in [0.4, 0.5) is 11.8 Å². The van der Waals surface area contributed by atoms with Crippen LogP contribution in [-0.2, 0) is 4.74 Å². The molecule has 0 aliphatic rings. The fraction of sp³-hybridized carbons (Fsp3) is 0.389. The van der Waals surface area contributed by atoms with Crippen molar-refractivity contribution in [3.05, 3.63) is 40.5 Å². The standard InChI is InChI=1S/C18H25N4O4P/c1-9-4-10(2)15(11(3)5-9)16(24)17(27)26-12(7-23)8-25-14-6-13(19)21-18(20)22-14/h4-6,12,17,23H,7-8,27H2,1-3H3,(H4,19,20,21,22)/t12-,17-/m0/s1. The maximum Gasteiger partial charge on any atom is 0.225 e. The molecule has 3 atom stereocenters. The van der Waals surface area contributed by atoms with Gasteiger partial charge in [-0.15, -0.1) is 0 Å². The van der Waals surface area contributed by atoms with Crippen LogP contribution in [0.1, 0.15) is 27.0 Å². The molecule has 9 heteroatoms. The number of hydrogen-bond donors (Lipinski definition) is 3. The Morgan fingerprint density at radius 2 is 1.81 bits per heavy atom. The van der Waals surface area contributed by atoms with Gasteiger partial charge in [-0.25, -0.2) is 0 Å². The molecule has 1 heterocycles. The molecule has 0 aliphatic carbocycles. The molecule has 27 heavy (non-hydrogen) atoms. The normalized spacial score (nSPS) is 13.2. The highest BCUT2D eigenvalue weighted by Crippen LogP contribution is 2.22. The predicted molar refractivity (Wildman–Crippen MR) is 107 cm³/mol. The number of aryl methyl sites for hydroxylation is 3. The largest absolute Gasteiger partial charge is 0.475 e. The lowest BCUT2D eigenvalue weighted by Gasteiger charge is -2.21. The van der Waals surface area contributed by atoms with Gasteiger partial charge in [0.25, 0.3) is 0 Å². The zero-order valence-corrected chi connectivity index (χ0v) is 16.8. The Hall–Kier alpha value is -2.28. The Balaban J connectivity index is 2.03. The monoisotopic (exact) mass is 392 g/mol. The highest BCUT2D eigenvalue weighted by molar-refractivity contribution is 7.19. The topological polar surface area (TPSA) is 134 Å². The average Bonchev–Trinajstić information content (AvgIpc) is 2.56. The van der Waals surface area contributed by atoms with Gasteiger partial charge >= 0.3 is 0 Å². The third-order valence-electron chi connectivity index (χ3n) is 3.88. The van der Waals surface area contributed by atoms with Gasteiger partial charge < -0.3 is 26.0 Å². The molecule has 0 radical (unpaired) electrons. The van der Waals surface area contributed by atoms with Crippen LogP contribution >= 0.6 is 9.24 Å². The molecule has 0 fully saturated rings. The van der Waals surface area contributed by atoms with Gasteiger partial charge in [-0.05, 0) is 31.9 Å². The van der Waals surface area contributed by atoms with Crippen LogP contribution in [0.2, 0.25) is 0 Å². The van der Waals surface area contributed by atoms with Gasteiger partial charge in [-0.1, -0.05) is 26.9 Å². The summed E-state index contributed by atoms with van der Waals surface area (Å²) >= 11 is 0. The summed E-state index contributed by atoms with van der Waals surface area (Å²) in [5, 5.41) is 9.55. The molecular formula is C18H25N4O4P. The molecule has 0 amide bonds. The Morgan fingerprint density at radius 3 is 2.37 bits per heavy atom. The van der Waals surface area contributed by atoms with E-state index < -0.39 is 11.9 Å². The summed E-state index contributed by atoms with van der Waals surface area (Å²) in [6.07, 6.45) is -0.736. The smallest absolute Gasteiger partial charge is 0.225 e.